The third kappa shape index (κ3) is 3.78. The summed E-state index contributed by atoms with van der Waals surface area (Å²) in [4.78, 5) is 7.90. The quantitative estimate of drug-likeness (QED) is 0.916. The zero-order chi connectivity index (χ0) is 15.3. The van der Waals surface area contributed by atoms with Crippen molar-refractivity contribution in [2.75, 3.05) is 6.54 Å². The van der Waals surface area contributed by atoms with Gasteiger partial charge in [0.15, 0.2) is 0 Å². The fraction of sp³-hybridized carbons (Fsp3) is 0.333. The van der Waals surface area contributed by atoms with E-state index in [9.17, 15) is 13.2 Å². The van der Waals surface area contributed by atoms with Gasteiger partial charge in [0.1, 0.15) is 6.33 Å². The van der Waals surface area contributed by atoms with E-state index in [1.165, 1.54) is 24.7 Å². The molecule has 1 heterocycles. The number of alkyl halides is 3. The van der Waals surface area contributed by atoms with Gasteiger partial charge in [0, 0.05) is 6.20 Å². The smallest absolute Gasteiger partial charge is 0.305 e. The first-order valence-electron chi connectivity index (χ1n) is 6.69. The molecule has 3 nitrogen and oxygen atoms in total. The van der Waals surface area contributed by atoms with Crippen LogP contribution < -0.4 is 5.32 Å². The SMILES string of the molecule is CCCNC(c1ccncn1)c1ccccc1C(F)(F)F. The van der Waals surface area contributed by atoms with E-state index in [-0.39, 0.29) is 5.56 Å². The largest absolute Gasteiger partial charge is 0.416 e. The van der Waals surface area contributed by atoms with Gasteiger partial charge in [-0.3, -0.25) is 0 Å². The summed E-state index contributed by atoms with van der Waals surface area (Å²) >= 11 is 0. The Hall–Kier alpha value is -1.95. The van der Waals surface area contributed by atoms with Gasteiger partial charge in [0.05, 0.1) is 17.3 Å². The van der Waals surface area contributed by atoms with Gasteiger partial charge in [-0.2, -0.15) is 13.2 Å². The van der Waals surface area contributed by atoms with E-state index in [1.807, 2.05) is 6.92 Å². The lowest BCUT2D eigenvalue weighted by Gasteiger charge is -2.22. The fourth-order valence-electron chi connectivity index (χ4n) is 2.14. The lowest BCUT2D eigenvalue weighted by Crippen LogP contribution is -2.26. The van der Waals surface area contributed by atoms with Crippen molar-refractivity contribution in [3.8, 4) is 0 Å². The van der Waals surface area contributed by atoms with E-state index in [0.717, 1.165) is 12.5 Å². The van der Waals surface area contributed by atoms with Crippen LogP contribution in [0, 0.1) is 0 Å². The molecule has 0 fully saturated rings. The Labute approximate surface area is 121 Å². The summed E-state index contributed by atoms with van der Waals surface area (Å²) in [7, 11) is 0. The Bertz CT molecular complexity index is 570. The number of aromatic nitrogens is 2. The highest BCUT2D eigenvalue weighted by molar-refractivity contribution is 5.36. The van der Waals surface area contributed by atoms with Gasteiger partial charge < -0.3 is 5.32 Å². The minimum atomic E-state index is -4.39. The van der Waals surface area contributed by atoms with Gasteiger partial charge >= 0.3 is 6.18 Å². The monoisotopic (exact) mass is 295 g/mol. The maximum atomic E-state index is 13.2. The lowest BCUT2D eigenvalue weighted by atomic mass is 9.97. The van der Waals surface area contributed by atoms with Gasteiger partial charge in [-0.05, 0) is 30.7 Å². The molecule has 6 heteroatoms. The number of nitrogens with one attached hydrogen (secondary N) is 1. The van der Waals surface area contributed by atoms with Crippen LogP contribution in [0.2, 0.25) is 0 Å². The molecule has 2 aromatic rings. The molecule has 0 spiro atoms. The van der Waals surface area contributed by atoms with Crippen molar-refractivity contribution >= 4 is 0 Å². The summed E-state index contributed by atoms with van der Waals surface area (Å²) in [6.07, 6.45) is -0.711. The van der Waals surface area contributed by atoms with Crippen molar-refractivity contribution in [3.63, 3.8) is 0 Å². The lowest BCUT2D eigenvalue weighted by molar-refractivity contribution is -0.138. The Kier molecular flexibility index (Phi) is 4.90. The molecule has 0 saturated heterocycles. The van der Waals surface area contributed by atoms with Crippen LogP contribution >= 0.6 is 0 Å². The molecule has 21 heavy (non-hydrogen) atoms. The van der Waals surface area contributed by atoms with Crippen LogP contribution in [0.5, 0.6) is 0 Å². The Morgan fingerprint density at radius 3 is 2.57 bits per heavy atom. The normalized spacial score (nSPS) is 13.1. The molecule has 0 aliphatic carbocycles. The Morgan fingerprint density at radius 2 is 1.95 bits per heavy atom. The maximum absolute atomic E-state index is 13.2. The molecule has 0 saturated carbocycles. The van der Waals surface area contributed by atoms with Crippen LogP contribution in [0.25, 0.3) is 0 Å². The standard InChI is InChI=1S/C15H16F3N3/c1-2-8-20-14(13-7-9-19-10-21-13)11-5-3-4-6-12(11)15(16,17)18/h3-7,9-10,14,20H,2,8H2,1H3. The number of halogens is 3. The minimum Gasteiger partial charge on any atom is -0.305 e. The molecule has 0 amide bonds. The first-order chi connectivity index (χ1) is 10.0. The summed E-state index contributed by atoms with van der Waals surface area (Å²) in [5, 5.41) is 3.12. The third-order valence-corrected chi connectivity index (χ3v) is 3.08. The average Bonchev–Trinajstić information content (AvgIpc) is 2.48. The molecular formula is C15H16F3N3. The first-order valence-corrected chi connectivity index (χ1v) is 6.69. The number of hydrogen-bond acceptors (Lipinski definition) is 3. The van der Waals surface area contributed by atoms with Crippen molar-refractivity contribution in [1.82, 2.24) is 15.3 Å². The van der Waals surface area contributed by atoms with Crippen LogP contribution in [0.15, 0.2) is 42.9 Å². The van der Waals surface area contributed by atoms with E-state index >= 15 is 0 Å². The molecule has 1 N–H and O–H groups in total. The van der Waals surface area contributed by atoms with Gasteiger partial charge in [-0.15, -0.1) is 0 Å². The van der Waals surface area contributed by atoms with Crippen molar-refractivity contribution < 1.29 is 13.2 Å². The number of benzene rings is 1. The molecular weight excluding hydrogens is 279 g/mol. The van der Waals surface area contributed by atoms with E-state index in [4.69, 9.17) is 0 Å². The number of rotatable bonds is 5. The summed E-state index contributed by atoms with van der Waals surface area (Å²) in [6, 6.07) is 6.59. The molecule has 1 aromatic carbocycles. The molecule has 1 unspecified atom stereocenters. The van der Waals surface area contributed by atoms with E-state index in [0.29, 0.717) is 12.2 Å². The van der Waals surface area contributed by atoms with Crippen molar-refractivity contribution in [2.24, 2.45) is 0 Å². The maximum Gasteiger partial charge on any atom is 0.416 e. The summed E-state index contributed by atoms with van der Waals surface area (Å²) in [5.41, 5.74) is 0.0597. The first kappa shape index (κ1) is 15.4. The molecule has 0 aliphatic rings. The molecule has 0 radical (unpaired) electrons. The molecule has 0 aliphatic heterocycles. The van der Waals surface area contributed by atoms with Crippen LogP contribution in [0.1, 0.15) is 36.2 Å². The van der Waals surface area contributed by atoms with E-state index in [2.05, 4.69) is 15.3 Å². The van der Waals surface area contributed by atoms with Crippen LogP contribution in [0.3, 0.4) is 0 Å². The van der Waals surface area contributed by atoms with Crippen molar-refractivity contribution in [3.05, 3.63) is 59.7 Å². The topological polar surface area (TPSA) is 37.8 Å². The van der Waals surface area contributed by atoms with E-state index < -0.39 is 17.8 Å². The second-order valence-electron chi connectivity index (χ2n) is 4.61. The highest BCUT2D eigenvalue weighted by Gasteiger charge is 2.35. The predicted octanol–water partition coefficient (Wildman–Crippen LogP) is 3.58. The fourth-order valence-corrected chi connectivity index (χ4v) is 2.14. The predicted molar refractivity (Wildman–Crippen MR) is 73.6 cm³/mol. The molecule has 2 rings (SSSR count). The zero-order valence-electron chi connectivity index (χ0n) is 11.6. The van der Waals surface area contributed by atoms with Crippen molar-refractivity contribution in [2.45, 2.75) is 25.6 Å². The Morgan fingerprint density at radius 1 is 1.19 bits per heavy atom. The minimum absolute atomic E-state index is 0.178. The van der Waals surface area contributed by atoms with Crippen LogP contribution in [-0.4, -0.2) is 16.5 Å². The zero-order valence-corrected chi connectivity index (χ0v) is 11.6. The van der Waals surface area contributed by atoms with E-state index in [1.54, 1.807) is 12.1 Å². The Balaban J connectivity index is 2.47. The molecule has 1 atom stereocenters. The summed E-state index contributed by atoms with van der Waals surface area (Å²) in [5.74, 6) is 0. The van der Waals surface area contributed by atoms with Crippen LogP contribution in [0.4, 0.5) is 13.2 Å². The second kappa shape index (κ2) is 6.67. The summed E-state index contributed by atoms with van der Waals surface area (Å²) in [6.45, 7) is 2.56. The van der Waals surface area contributed by atoms with Gasteiger partial charge in [-0.1, -0.05) is 25.1 Å². The van der Waals surface area contributed by atoms with Gasteiger partial charge in [0.2, 0.25) is 0 Å². The second-order valence-corrected chi connectivity index (χ2v) is 4.61. The van der Waals surface area contributed by atoms with Gasteiger partial charge in [0.25, 0.3) is 0 Å². The van der Waals surface area contributed by atoms with Gasteiger partial charge in [-0.25, -0.2) is 9.97 Å². The van der Waals surface area contributed by atoms with Crippen LogP contribution in [-0.2, 0) is 6.18 Å². The number of hydrogen-bond donors (Lipinski definition) is 1. The number of nitrogens with zero attached hydrogens (tertiary/aromatic N) is 2. The average molecular weight is 295 g/mol. The molecule has 1 aromatic heterocycles. The highest BCUT2D eigenvalue weighted by Crippen LogP contribution is 2.35. The molecule has 112 valence electrons. The molecule has 0 bridgehead atoms. The third-order valence-electron chi connectivity index (χ3n) is 3.08. The van der Waals surface area contributed by atoms with Crippen molar-refractivity contribution in [1.29, 1.82) is 0 Å². The highest BCUT2D eigenvalue weighted by atomic mass is 19.4. The summed E-state index contributed by atoms with van der Waals surface area (Å²) < 4.78 is 39.6.